The molecular formula is C18H17N3O5. The Balaban J connectivity index is 1.45. The summed E-state index contributed by atoms with van der Waals surface area (Å²) in [6.45, 7) is 0.842. The van der Waals surface area contributed by atoms with Gasteiger partial charge in [-0.1, -0.05) is 18.2 Å². The number of carbonyl (C=O) groups excluding carboxylic acids is 3. The molecular weight excluding hydrogens is 338 g/mol. The van der Waals surface area contributed by atoms with E-state index in [1.165, 1.54) is 9.80 Å². The molecule has 0 spiro atoms. The number of fused-ring (bicyclic) bond motifs is 1. The molecule has 0 bridgehead atoms. The van der Waals surface area contributed by atoms with E-state index < -0.39 is 6.04 Å². The fourth-order valence-electron chi connectivity index (χ4n) is 3.12. The number of benzene rings is 1. The van der Waals surface area contributed by atoms with Gasteiger partial charge in [0, 0.05) is 19.2 Å². The van der Waals surface area contributed by atoms with E-state index in [1.54, 1.807) is 24.3 Å². The van der Waals surface area contributed by atoms with Crippen molar-refractivity contribution in [3.8, 4) is 11.7 Å². The van der Waals surface area contributed by atoms with Crippen LogP contribution in [-0.4, -0.2) is 59.7 Å². The minimum Gasteiger partial charge on any atom is -0.426 e. The molecule has 1 N–H and O–H groups in total. The minimum absolute atomic E-state index is 0.0155. The highest BCUT2D eigenvalue weighted by Crippen LogP contribution is 2.25. The standard InChI is InChI=1S/C18H17N3O5/c22-15-10-19-17(23)13-11-20(8-9-21(13)15)18(24)14-6-7-16(26-14)25-12-4-2-1-3-5-12/h1-7,13H,8-11H2,(H,19,23)/t13-/m0/s1. The molecule has 0 aliphatic carbocycles. The highest BCUT2D eigenvalue weighted by Gasteiger charge is 2.40. The number of rotatable bonds is 3. The van der Waals surface area contributed by atoms with Gasteiger partial charge < -0.3 is 24.3 Å². The number of furan rings is 1. The molecule has 134 valence electrons. The van der Waals surface area contributed by atoms with E-state index in [0.29, 0.717) is 18.8 Å². The summed E-state index contributed by atoms with van der Waals surface area (Å²) in [5.74, 6) is 0.244. The average molecular weight is 355 g/mol. The van der Waals surface area contributed by atoms with Crippen molar-refractivity contribution in [1.82, 2.24) is 15.1 Å². The first-order valence-electron chi connectivity index (χ1n) is 8.31. The van der Waals surface area contributed by atoms with Gasteiger partial charge in [0.1, 0.15) is 11.8 Å². The lowest BCUT2D eigenvalue weighted by Crippen LogP contribution is -2.66. The Morgan fingerprint density at radius 1 is 1.12 bits per heavy atom. The number of hydrogen-bond acceptors (Lipinski definition) is 5. The van der Waals surface area contributed by atoms with Crippen LogP contribution in [0.1, 0.15) is 10.6 Å². The first-order valence-corrected chi connectivity index (χ1v) is 8.31. The van der Waals surface area contributed by atoms with Gasteiger partial charge in [-0.25, -0.2) is 0 Å². The second-order valence-corrected chi connectivity index (χ2v) is 6.11. The Morgan fingerprint density at radius 3 is 2.73 bits per heavy atom. The monoisotopic (exact) mass is 355 g/mol. The van der Waals surface area contributed by atoms with Gasteiger partial charge in [-0.15, -0.1) is 0 Å². The number of nitrogens with zero attached hydrogens (tertiary/aromatic N) is 2. The summed E-state index contributed by atoms with van der Waals surface area (Å²) < 4.78 is 11.1. The minimum atomic E-state index is -0.649. The number of nitrogens with one attached hydrogen (secondary N) is 1. The van der Waals surface area contributed by atoms with Crippen LogP contribution in [-0.2, 0) is 9.59 Å². The van der Waals surface area contributed by atoms with E-state index >= 15 is 0 Å². The highest BCUT2D eigenvalue weighted by atomic mass is 16.6. The van der Waals surface area contributed by atoms with Crippen molar-refractivity contribution in [2.24, 2.45) is 0 Å². The maximum Gasteiger partial charge on any atom is 0.290 e. The zero-order chi connectivity index (χ0) is 18.1. The Kier molecular flexibility index (Phi) is 4.08. The molecule has 0 radical (unpaired) electrons. The van der Waals surface area contributed by atoms with Gasteiger partial charge in [-0.2, -0.15) is 0 Å². The van der Waals surface area contributed by atoms with Crippen LogP contribution in [0, 0.1) is 0 Å². The van der Waals surface area contributed by atoms with E-state index in [9.17, 15) is 14.4 Å². The first-order chi connectivity index (χ1) is 12.6. The van der Waals surface area contributed by atoms with Gasteiger partial charge in [0.15, 0.2) is 5.76 Å². The quantitative estimate of drug-likeness (QED) is 0.881. The molecule has 1 aromatic heterocycles. The van der Waals surface area contributed by atoms with Crippen molar-refractivity contribution in [3.05, 3.63) is 48.2 Å². The SMILES string of the molecule is O=C1NCC(=O)N2CCN(C(=O)c3ccc(Oc4ccccc4)o3)C[C@@H]12. The summed E-state index contributed by atoms with van der Waals surface area (Å²) in [5.41, 5.74) is 0. The summed E-state index contributed by atoms with van der Waals surface area (Å²) in [6.07, 6.45) is 0. The maximum absolute atomic E-state index is 12.7. The molecule has 2 aliphatic heterocycles. The zero-order valence-corrected chi connectivity index (χ0v) is 13.9. The lowest BCUT2D eigenvalue weighted by atomic mass is 10.1. The van der Waals surface area contributed by atoms with E-state index in [2.05, 4.69) is 5.32 Å². The third-order valence-electron chi connectivity index (χ3n) is 4.46. The summed E-state index contributed by atoms with van der Waals surface area (Å²) >= 11 is 0. The highest BCUT2D eigenvalue weighted by molar-refractivity contribution is 5.97. The molecule has 2 saturated heterocycles. The molecule has 0 unspecified atom stereocenters. The summed E-state index contributed by atoms with van der Waals surface area (Å²) in [6, 6.07) is 11.6. The summed E-state index contributed by atoms with van der Waals surface area (Å²) in [7, 11) is 0. The molecule has 8 heteroatoms. The molecule has 1 atom stereocenters. The number of ether oxygens (including phenoxy) is 1. The zero-order valence-electron chi connectivity index (χ0n) is 13.9. The largest absolute Gasteiger partial charge is 0.426 e. The van der Waals surface area contributed by atoms with Gasteiger partial charge in [0.2, 0.25) is 11.8 Å². The van der Waals surface area contributed by atoms with Crippen LogP contribution in [0.2, 0.25) is 0 Å². The van der Waals surface area contributed by atoms with Gasteiger partial charge in [0.25, 0.3) is 11.9 Å². The van der Waals surface area contributed by atoms with Crippen molar-refractivity contribution < 1.29 is 23.5 Å². The Bertz CT molecular complexity index is 848. The van der Waals surface area contributed by atoms with Crippen LogP contribution < -0.4 is 10.1 Å². The molecule has 2 aliphatic rings. The number of piperazine rings is 2. The molecule has 2 fully saturated rings. The van der Waals surface area contributed by atoms with Crippen LogP contribution in [0.3, 0.4) is 0 Å². The van der Waals surface area contributed by atoms with E-state index in [1.807, 2.05) is 18.2 Å². The van der Waals surface area contributed by atoms with Gasteiger partial charge in [0.05, 0.1) is 13.1 Å². The predicted octanol–water partition coefficient (Wildman–Crippen LogP) is 0.855. The smallest absolute Gasteiger partial charge is 0.290 e. The number of para-hydroxylation sites is 1. The molecule has 4 rings (SSSR count). The van der Waals surface area contributed by atoms with Crippen molar-refractivity contribution in [3.63, 3.8) is 0 Å². The summed E-state index contributed by atoms with van der Waals surface area (Å²) in [5, 5.41) is 2.55. The van der Waals surface area contributed by atoms with Crippen LogP contribution in [0.4, 0.5) is 0 Å². The van der Waals surface area contributed by atoms with Gasteiger partial charge >= 0.3 is 0 Å². The number of amides is 3. The van der Waals surface area contributed by atoms with Crippen molar-refractivity contribution in [1.29, 1.82) is 0 Å². The normalized spacial score (nSPS) is 19.8. The van der Waals surface area contributed by atoms with Crippen LogP contribution >= 0.6 is 0 Å². The lowest BCUT2D eigenvalue weighted by molar-refractivity contribution is -0.148. The van der Waals surface area contributed by atoms with E-state index in [0.717, 1.165) is 0 Å². The van der Waals surface area contributed by atoms with Crippen molar-refractivity contribution >= 4 is 17.7 Å². The topological polar surface area (TPSA) is 92.1 Å². The Morgan fingerprint density at radius 2 is 1.92 bits per heavy atom. The van der Waals surface area contributed by atoms with Crippen LogP contribution in [0.15, 0.2) is 46.9 Å². The average Bonchev–Trinajstić information content (AvgIpc) is 3.13. The van der Waals surface area contributed by atoms with Crippen molar-refractivity contribution in [2.75, 3.05) is 26.2 Å². The molecule has 0 saturated carbocycles. The molecule has 8 nitrogen and oxygen atoms in total. The second kappa shape index (κ2) is 6.55. The number of hydrogen-bond donors (Lipinski definition) is 1. The first kappa shape index (κ1) is 16.2. The Labute approximate surface area is 149 Å². The lowest BCUT2D eigenvalue weighted by Gasteiger charge is -2.42. The third kappa shape index (κ3) is 3.01. The van der Waals surface area contributed by atoms with Gasteiger partial charge in [-0.3, -0.25) is 14.4 Å². The fourth-order valence-corrected chi connectivity index (χ4v) is 3.12. The fraction of sp³-hybridized carbons (Fsp3) is 0.278. The molecule has 1 aromatic carbocycles. The summed E-state index contributed by atoms with van der Waals surface area (Å²) in [4.78, 5) is 39.6. The molecule has 2 aromatic rings. The van der Waals surface area contributed by atoms with Crippen molar-refractivity contribution in [2.45, 2.75) is 6.04 Å². The second-order valence-electron chi connectivity index (χ2n) is 6.11. The number of carbonyl (C=O) groups is 3. The predicted molar refractivity (Wildman–Crippen MR) is 89.6 cm³/mol. The maximum atomic E-state index is 12.7. The molecule has 3 amide bonds. The third-order valence-corrected chi connectivity index (χ3v) is 4.46. The van der Waals surface area contributed by atoms with Gasteiger partial charge in [-0.05, 0) is 18.2 Å². The van der Waals surface area contributed by atoms with Crippen LogP contribution in [0.25, 0.3) is 0 Å². The molecule has 26 heavy (non-hydrogen) atoms. The van der Waals surface area contributed by atoms with E-state index in [4.69, 9.17) is 9.15 Å². The molecule has 3 heterocycles. The Hall–Kier alpha value is -3.29. The van der Waals surface area contributed by atoms with E-state index in [-0.39, 0.29) is 42.5 Å². The van der Waals surface area contributed by atoms with Crippen LogP contribution in [0.5, 0.6) is 11.7 Å².